The summed E-state index contributed by atoms with van der Waals surface area (Å²) in [6, 6.07) is 0.0397. The van der Waals surface area contributed by atoms with Gasteiger partial charge in [-0.05, 0) is 38.5 Å². The number of urea groups is 1. The third-order valence-electron chi connectivity index (χ3n) is 8.56. The summed E-state index contributed by atoms with van der Waals surface area (Å²) in [5.74, 6) is 2.95. The van der Waals surface area contributed by atoms with E-state index in [1.165, 1.54) is 25.2 Å². The first-order chi connectivity index (χ1) is 16.3. The van der Waals surface area contributed by atoms with Gasteiger partial charge in [0.1, 0.15) is 11.2 Å². The van der Waals surface area contributed by atoms with Crippen LogP contribution in [0.1, 0.15) is 79.3 Å². The number of carbonyl (C=O) groups is 1. The summed E-state index contributed by atoms with van der Waals surface area (Å²) in [5, 5.41) is 7.49. The van der Waals surface area contributed by atoms with E-state index in [0.717, 1.165) is 37.6 Å². The Kier molecular flexibility index (Phi) is 4.06. The molecule has 5 fully saturated rings. The molecule has 0 unspecified atom stereocenters. The van der Waals surface area contributed by atoms with Crippen LogP contribution in [0.15, 0.2) is 12.4 Å². The molecule has 8 nitrogen and oxygen atoms in total. The molecule has 11 heteroatoms. The first-order valence-electron chi connectivity index (χ1n) is 12.1. The number of carbonyl (C=O) groups excluding carboxylic acids is 1. The van der Waals surface area contributed by atoms with Gasteiger partial charge in [0.15, 0.2) is 5.82 Å². The number of nitrogens with zero attached hydrogens (tertiary/aromatic N) is 6. The quantitative estimate of drug-likeness (QED) is 0.735. The van der Waals surface area contributed by atoms with Crippen LogP contribution in [-0.2, 0) is 5.41 Å². The van der Waals surface area contributed by atoms with Gasteiger partial charge in [0.05, 0.1) is 11.4 Å². The van der Waals surface area contributed by atoms with Crippen molar-refractivity contribution in [2.45, 2.75) is 67.9 Å². The van der Waals surface area contributed by atoms with Crippen LogP contribution in [0.25, 0.3) is 0 Å². The van der Waals surface area contributed by atoms with Gasteiger partial charge in [0.25, 0.3) is 0 Å². The zero-order chi connectivity index (χ0) is 23.3. The third-order valence-corrected chi connectivity index (χ3v) is 8.56. The van der Waals surface area contributed by atoms with Crippen LogP contribution in [0.4, 0.5) is 18.0 Å². The molecule has 3 saturated carbocycles. The van der Waals surface area contributed by atoms with Gasteiger partial charge >= 0.3 is 12.2 Å². The van der Waals surface area contributed by atoms with Crippen molar-refractivity contribution in [3.63, 3.8) is 0 Å². The minimum Gasteiger partial charge on any atom is -0.323 e. The third kappa shape index (κ3) is 3.07. The Morgan fingerprint density at radius 1 is 1.00 bits per heavy atom. The number of rotatable bonds is 4. The molecule has 34 heavy (non-hydrogen) atoms. The highest BCUT2D eigenvalue weighted by Gasteiger charge is 2.65. The Morgan fingerprint density at radius 2 is 1.74 bits per heavy atom. The smallest absolute Gasteiger partial charge is 0.323 e. The SMILES string of the molecule is O=C(N1CC(c2cnc(C3(C(F)(F)F)CC3)cn2)C1)N1CC2(CC(c3n[nH]c(C4CC4)n3)C2)C1. The van der Waals surface area contributed by atoms with Gasteiger partial charge in [-0.1, -0.05) is 0 Å². The fourth-order valence-electron chi connectivity index (χ4n) is 5.96. The number of alkyl halides is 3. The van der Waals surface area contributed by atoms with E-state index in [1.807, 2.05) is 4.90 Å². The molecule has 2 aromatic heterocycles. The molecule has 2 amide bonds. The summed E-state index contributed by atoms with van der Waals surface area (Å²) in [7, 11) is 0. The van der Waals surface area contributed by atoms with Crippen LogP contribution in [0.3, 0.4) is 0 Å². The molecule has 0 atom stereocenters. The monoisotopic (exact) mass is 473 g/mol. The highest BCUT2D eigenvalue weighted by atomic mass is 19.4. The molecule has 2 aromatic rings. The Bertz CT molecular complexity index is 1120. The summed E-state index contributed by atoms with van der Waals surface area (Å²) >= 11 is 0. The maximum Gasteiger partial charge on any atom is 0.400 e. The van der Waals surface area contributed by atoms with E-state index in [1.54, 1.807) is 4.90 Å². The molecule has 0 aromatic carbocycles. The second-order valence-electron chi connectivity index (χ2n) is 11.1. The fraction of sp³-hybridized carbons (Fsp3) is 0.696. The van der Waals surface area contributed by atoms with Crippen LogP contribution >= 0.6 is 0 Å². The number of H-pyrrole nitrogens is 1. The normalized spacial score (nSPS) is 25.6. The van der Waals surface area contributed by atoms with Gasteiger partial charge in [0, 0.05) is 61.7 Å². The summed E-state index contributed by atoms with van der Waals surface area (Å²) in [6.45, 7) is 2.62. The molecule has 3 aliphatic carbocycles. The lowest BCUT2D eigenvalue weighted by Gasteiger charge is -2.59. The lowest BCUT2D eigenvalue weighted by Crippen LogP contribution is -2.67. The summed E-state index contributed by atoms with van der Waals surface area (Å²) in [4.78, 5) is 29.5. The van der Waals surface area contributed by atoms with Gasteiger partial charge < -0.3 is 9.80 Å². The Balaban J connectivity index is 0.893. The van der Waals surface area contributed by atoms with E-state index >= 15 is 0 Å². The van der Waals surface area contributed by atoms with Crippen molar-refractivity contribution >= 4 is 6.03 Å². The predicted octanol–water partition coefficient (Wildman–Crippen LogP) is 3.46. The molecule has 1 N–H and O–H groups in total. The summed E-state index contributed by atoms with van der Waals surface area (Å²) in [6.07, 6.45) is 3.06. The average molecular weight is 474 g/mol. The first-order valence-corrected chi connectivity index (χ1v) is 12.1. The molecule has 0 bridgehead atoms. The van der Waals surface area contributed by atoms with E-state index in [-0.39, 0.29) is 35.9 Å². The molecule has 5 aliphatic rings. The molecule has 1 spiro atoms. The fourth-order valence-corrected chi connectivity index (χ4v) is 5.96. The van der Waals surface area contributed by atoms with Crippen molar-refractivity contribution < 1.29 is 18.0 Å². The first kappa shape index (κ1) is 20.6. The topological polar surface area (TPSA) is 90.9 Å². The predicted molar refractivity (Wildman–Crippen MR) is 113 cm³/mol. The number of hydrogen-bond donors (Lipinski definition) is 1. The molecular formula is C23H26F3N7O. The van der Waals surface area contributed by atoms with Crippen LogP contribution in [-0.4, -0.2) is 73.3 Å². The van der Waals surface area contributed by atoms with Crippen LogP contribution in [0.2, 0.25) is 0 Å². The van der Waals surface area contributed by atoms with E-state index in [4.69, 9.17) is 0 Å². The van der Waals surface area contributed by atoms with Gasteiger partial charge in [0.2, 0.25) is 0 Å². The number of nitrogens with one attached hydrogen (secondary N) is 1. The largest absolute Gasteiger partial charge is 0.400 e. The van der Waals surface area contributed by atoms with Crippen molar-refractivity contribution in [1.82, 2.24) is 34.9 Å². The lowest BCUT2D eigenvalue weighted by molar-refractivity contribution is -0.161. The van der Waals surface area contributed by atoms with Crippen molar-refractivity contribution in [3.05, 3.63) is 35.4 Å². The van der Waals surface area contributed by atoms with Crippen LogP contribution < -0.4 is 0 Å². The van der Waals surface area contributed by atoms with E-state index in [9.17, 15) is 18.0 Å². The Morgan fingerprint density at radius 3 is 2.32 bits per heavy atom. The number of likely N-dealkylation sites (tertiary alicyclic amines) is 2. The molecule has 7 rings (SSSR count). The number of aromatic amines is 1. The van der Waals surface area contributed by atoms with E-state index < -0.39 is 11.6 Å². The summed E-state index contributed by atoms with van der Waals surface area (Å²) < 4.78 is 39.8. The number of halogens is 3. The van der Waals surface area contributed by atoms with Gasteiger partial charge in [-0.3, -0.25) is 15.1 Å². The molecule has 4 heterocycles. The van der Waals surface area contributed by atoms with Crippen molar-refractivity contribution in [2.24, 2.45) is 5.41 Å². The Labute approximate surface area is 194 Å². The van der Waals surface area contributed by atoms with Crippen LogP contribution in [0.5, 0.6) is 0 Å². The molecule has 0 radical (unpaired) electrons. The zero-order valence-corrected chi connectivity index (χ0v) is 18.7. The van der Waals surface area contributed by atoms with Gasteiger partial charge in [-0.2, -0.15) is 18.3 Å². The van der Waals surface area contributed by atoms with Gasteiger partial charge in [-0.25, -0.2) is 9.78 Å². The average Bonchev–Trinajstić information content (AvgIpc) is 3.63. The second kappa shape index (κ2) is 6.69. The lowest BCUT2D eigenvalue weighted by atomic mass is 9.57. The molecule has 180 valence electrons. The zero-order valence-electron chi connectivity index (χ0n) is 18.7. The van der Waals surface area contributed by atoms with Crippen molar-refractivity contribution in [3.8, 4) is 0 Å². The van der Waals surface area contributed by atoms with E-state index in [2.05, 4.69) is 25.1 Å². The number of amides is 2. The van der Waals surface area contributed by atoms with Crippen molar-refractivity contribution in [1.29, 1.82) is 0 Å². The molecular weight excluding hydrogens is 447 g/mol. The summed E-state index contributed by atoms with van der Waals surface area (Å²) in [5.41, 5.74) is -0.927. The second-order valence-corrected chi connectivity index (χ2v) is 11.1. The minimum atomic E-state index is -4.29. The van der Waals surface area contributed by atoms with Gasteiger partial charge in [-0.15, -0.1) is 0 Å². The standard InChI is InChI=1S/C23H26F3N7O/c24-23(25,26)22(3-4-22)17-8-27-16(7-28-17)15-9-32(10-15)20(34)33-11-21(12-33)5-14(6-21)19-29-18(30-31-19)13-1-2-13/h7-8,13-15H,1-6,9-12H2,(H,29,30,31). The highest BCUT2D eigenvalue weighted by molar-refractivity contribution is 5.77. The Hall–Kier alpha value is -2.72. The van der Waals surface area contributed by atoms with E-state index in [0.29, 0.717) is 30.6 Å². The molecule has 2 saturated heterocycles. The van der Waals surface area contributed by atoms with Crippen molar-refractivity contribution in [2.75, 3.05) is 26.2 Å². The maximum atomic E-state index is 13.3. The molecule has 2 aliphatic heterocycles. The number of hydrogen-bond acceptors (Lipinski definition) is 5. The minimum absolute atomic E-state index is 0.00879. The maximum absolute atomic E-state index is 13.3. The number of aromatic nitrogens is 5. The van der Waals surface area contributed by atoms with Crippen LogP contribution in [0, 0.1) is 5.41 Å². The highest BCUT2D eigenvalue weighted by Crippen LogP contribution is 2.58.